The van der Waals surface area contributed by atoms with Crippen molar-refractivity contribution in [3.63, 3.8) is 0 Å². The molecule has 0 aliphatic rings. The average Bonchev–Trinajstić information content (AvgIpc) is 2.26. The van der Waals surface area contributed by atoms with E-state index in [9.17, 15) is 0 Å². The molecule has 0 aliphatic heterocycles. The molecule has 0 saturated heterocycles. The third kappa shape index (κ3) is 3.51. The molecule has 90 valence electrons. The van der Waals surface area contributed by atoms with Gasteiger partial charge in [-0.3, -0.25) is 0 Å². The highest BCUT2D eigenvalue weighted by Gasteiger charge is 2.13. The minimum atomic E-state index is 0.366. The van der Waals surface area contributed by atoms with Crippen molar-refractivity contribution in [2.75, 3.05) is 27.2 Å². The Bertz CT molecular complexity index is 313. The summed E-state index contributed by atoms with van der Waals surface area (Å²) in [6.07, 6.45) is 0.961. The van der Waals surface area contributed by atoms with Gasteiger partial charge in [0, 0.05) is 6.04 Å². The van der Waals surface area contributed by atoms with Crippen LogP contribution in [0.25, 0.3) is 0 Å². The van der Waals surface area contributed by atoms with Gasteiger partial charge in [0.1, 0.15) is 5.75 Å². The summed E-state index contributed by atoms with van der Waals surface area (Å²) in [7, 11) is 4.15. The fourth-order valence-electron chi connectivity index (χ4n) is 1.86. The fraction of sp³-hybridized carbons (Fsp3) is 0.538. The van der Waals surface area contributed by atoms with Crippen LogP contribution in [0.1, 0.15) is 24.9 Å². The molecule has 3 heteroatoms. The summed E-state index contributed by atoms with van der Waals surface area (Å²) in [6, 6.07) is 8.62. The second kappa shape index (κ2) is 6.51. The number of benzene rings is 1. The Morgan fingerprint density at radius 1 is 1.38 bits per heavy atom. The summed E-state index contributed by atoms with van der Waals surface area (Å²) in [5.41, 5.74) is 6.91. The molecule has 0 bridgehead atoms. The van der Waals surface area contributed by atoms with Gasteiger partial charge in [-0.1, -0.05) is 12.1 Å². The van der Waals surface area contributed by atoms with E-state index in [1.165, 1.54) is 5.56 Å². The molecule has 0 aromatic heterocycles. The van der Waals surface area contributed by atoms with E-state index in [-0.39, 0.29) is 0 Å². The zero-order chi connectivity index (χ0) is 12.0. The summed E-state index contributed by atoms with van der Waals surface area (Å²) < 4.78 is 5.50. The summed E-state index contributed by atoms with van der Waals surface area (Å²) in [4.78, 5) is 2.19. The Morgan fingerprint density at radius 3 is 2.69 bits per heavy atom. The van der Waals surface area contributed by atoms with Crippen LogP contribution in [0.15, 0.2) is 24.3 Å². The molecular formula is C13H22N2O. The first kappa shape index (κ1) is 13.0. The van der Waals surface area contributed by atoms with Crippen molar-refractivity contribution in [1.29, 1.82) is 0 Å². The zero-order valence-corrected chi connectivity index (χ0v) is 10.4. The van der Waals surface area contributed by atoms with Crippen molar-refractivity contribution in [1.82, 2.24) is 4.90 Å². The van der Waals surface area contributed by atoms with E-state index in [0.717, 1.165) is 12.2 Å². The van der Waals surface area contributed by atoms with Gasteiger partial charge in [0.2, 0.25) is 0 Å². The third-order valence-electron chi connectivity index (χ3n) is 2.62. The van der Waals surface area contributed by atoms with Gasteiger partial charge in [0.15, 0.2) is 0 Å². The topological polar surface area (TPSA) is 38.5 Å². The lowest BCUT2D eigenvalue weighted by atomic mass is 10.0. The van der Waals surface area contributed by atoms with Crippen LogP contribution in [0.5, 0.6) is 5.75 Å². The van der Waals surface area contributed by atoms with E-state index >= 15 is 0 Å². The van der Waals surface area contributed by atoms with Gasteiger partial charge in [0.25, 0.3) is 0 Å². The number of ether oxygens (including phenoxy) is 1. The molecule has 0 fully saturated rings. The van der Waals surface area contributed by atoms with Gasteiger partial charge in [0.05, 0.1) is 6.61 Å². The summed E-state index contributed by atoms with van der Waals surface area (Å²) in [5.74, 6) is 0.934. The molecule has 0 saturated carbocycles. The molecule has 0 spiro atoms. The smallest absolute Gasteiger partial charge is 0.119 e. The Hall–Kier alpha value is -1.06. The van der Waals surface area contributed by atoms with Crippen LogP contribution in [0, 0.1) is 0 Å². The van der Waals surface area contributed by atoms with Crippen LogP contribution < -0.4 is 10.5 Å². The van der Waals surface area contributed by atoms with Crippen molar-refractivity contribution >= 4 is 0 Å². The Balaban J connectivity index is 2.86. The molecule has 1 rings (SSSR count). The lowest BCUT2D eigenvalue weighted by molar-refractivity contribution is 0.285. The van der Waals surface area contributed by atoms with Crippen molar-refractivity contribution in [3.05, 3.63) is 29.8 Å². The Morgan fingerprint density at radius 2 is 2.12 bits per heavy atom. The molecule has 0 radical (unpaired) electrons. The monoisotopic (exact) mass is 222 g/mol. The van der Waals surface area contributed by atoms with E-state index in [2.05, 4.69) is 31.1 Å². The first-order valence-corrected chi connectivity index (χ1v) is 5.78. The normalized spacial score (nSPS) is 12.8. The van der Waals surface area contributed by atoms with Gasteiger partial charge in [-0.15, -0.1) is 0 Å². The maximum Gasteiger partial charge on any atom is 0.119 e. The highest BCUT2D eigenvalue weighted by molar-refractivity contribution is 5.30. The summed E-state index contributed by atoms with van der Waals surface area (Å²) in [6.45, 7) is 3.39. The fourth-order valence-corrected chi connectivity index (χ4v) is 1.86. The van der Waals surface area contributed by atoms with E-state index in [0.29, 0.717) is 19.2 Å². The minimum Gasteiger partial charge on any atom is -0.494 e. The van der Waals surface area contributed by atoms with Crippen LogP contribution in [0.2, 0.25) is 0 Å². The third-order valence-corrected chi connectivity index (χ3v) is 2.62. The number of nitrogens with zero attached hydrogens (tertiary/aromatic N) is 1. The van der Waals surface area contributed by atoms with Crippen LogP contribution >= 0.6 is 0 Å². The average molecular weight is 222 g/mol. The van der Waals surface area contributed by atoms with E-state index in [4.69, 9.17) is 10.5 Å². The van der Waals surface area contributed by atoms with Crippen LogP contribution in [-0.4, -0.2) is 32.1 Å². The molecule has 0 amide bonds. The van der Waals surface area contributed by atoms with Gasteiger partial charge in [-0.25, -0.2) is 0 Å². The molecule has 16 heavy (non-hydrogen) atoms. The maximum absolute atomic E-state index is 5.64. The molecule has 3 nitrogen and oxygen atoms in total. The quantitative estimate of drug-likeness (QED) is 0.800. The van der Waals surface area contributed by atoms with Crippen LogP contribution in [-0.2, 0) is 0 Å². The highest BCUT2D eigenvalue weighted by atomic mass is 16.5. The lowest BCUT2D eigenvalue weighted by Crippen LogP contribution is -2.22. The van der Waals surface area contributed by atoms with Crippen molar-refractivity contribution in [3.8, 4) is 5.75 Å². The summed E-state index contributed by atoms with van der Waals surface area (Å²) >= 11 is 0. The van der Waals surface area contributed by atoms with Crippen molar-refractivity contribution in [2.24, 2.45) is 5.73 Å². The first-order valence-electron chi connectivity index (χ1n) is 5.78. The SMILES string of the molecule is CCOc1cccc(C(CCN)N(C)C)c1. The number of rotatable bonds is 6. The zero-order valence-electron chi connectivity index (χ0n) is 10.4. The number of hydrogen-bond donors (Lipinski definition) is 1. The lowest BCUT2D eigenvalue weighted by Gasteiger charge is -2.24. The molecule has 1 unspecified atom stereocenters. The van der Waals surface area contributed by atoms with Crippen LogP contribution in [0.4, 0.5) is 0 Å². The van der Waals surface area contributed by atoms with Gasteiger partial charge < -0.3 is 15.4 Å². The molecule has 1 aromatic rings. The van der Waals surface area contributed by atoms with Gasteiger partial charge in [-0.05, 0) is 51.7 Å². The van der Waals surface area contributed by atoms with E-state index in [1.54, 1.807) is 0 Å². The maximum atomic E-state index is 5.64. The van der Waals surface area contributed by atoms with Gasteiger partial charge >= 0.3 is 0 Å². The van der Waals surface area contributed by atoms with Crippen LogP contribution in [0.3, 0.4) is 0 Å². The molecule has 1 atom stereocenters. The molecule has 0 heterocycles. The highest BCUT2D eigenvalue weighted by Crippen LogP contribution is 2.24. The van der Waals surface area contributed by atoms with Crippen molar-refractivity contribution in [2.45, 2.75) is 19.4 Å². The number of hydrogen-bond acceptors (Lipinski definition) is 3. The Kier molecular flexibility index (Phi) is 5.29. The minimum absolute atomic E-state index is 0.366. The van der Waals surface area contributed by atoms with Crippen molar-refractivity contribution < 1.29 is 4.74 Å². The predicted octanol–water partition coefficient (Wildman–Crippen LogP) is 2.04. The first-order chi connectivity index (χ1) is 7.69. The molecular weight excluding hydrogens is 200 g/mol. The predicted molar refractivity (Wildman–Crippen MR) is 67.7 cm³/mol. The number of nitrogens with two attached hydrogens (primary N) is 1. The second-order valence-electron chi connectivity index (χ2n) is 4.06. The second-order valence-corrected chi connectivity index (χ2v) is 4.06. The van der Waals surface area contributed by atoms with E-state index < -0.39 is 0 Å². The molecule has 0 aliphatic carbocycles. The largest absolute Gasteiger partial charge is 0.494 e. The van der Waals surface area contributed by atoms with Gasteiger partial charge in [-0.2, -0.15) is 0 Å². The molecule has 2 N–H and O–H groups in total. The standard InChI is InChI=1S/C13H22N2O/c1-4-16-12-7-5-6-11(10-12)13(8-9-14)15(2)3/h5-7,10,13H,4,8-9,14H2,1-3H3. The summed E-state index contributed by atoms with van der Waals surface area (Å²) in [5, 5.41) is 0. The Labute approximate surface area is 98.2 Å². The molecule has 1 aromatic carbocycles. The van der Waals surface area contributed by atoms with E-state index in [1.807, 2.05) is 19.1 Å².